The van der Waals surface area contributed by atoms with Crippen molar-refractivity contribution in [1.29, 1.82) is 0 Å². The maximum Gasteiger partial charge on any atom is 0.133 e. The van der Waals surface area contributed by atoms with Crippen molar-refractivity contribution in [2.45, 2.75) is 25.7 Å². The summed E-state index contributed by atoms with van der Waals surface area (Å²) in [4.78, 5) is 2.45. The van der Waals surface area contributed by atoms with E-state index < -0.39 is 11.6 Å². The van der Waals surface area contributed by atoms with Gasteiger partial charge in [-0.2, -0.15) is 0 Å². The van der Waals surface area contributed by atoms with Gasteiger partial charge in [0.1, 0.15) is 29.7 Å². The third-order valence-electron chi connectivity index (χ3n) is 6.77. The molecule has 0 spiro atoms. The predicted molar refractivity (Wildman–Crippen MR) is 143 cm³/mol. The van der Waals surface area contributed by atoms with Gasteiger partial charge in [-0.15, -0.1) is 12.4 Å². The van der Waals surface area contributed by atoms with E-state index in [1.165, 1.54) is 31.4 Å². The predicted octanol–water partition coefficient (Wildman–Crippen LogP) is 7.37. The molecule has 1 saturated heterocycles. The molecule has 0 radical (unpaired) electrons. The lowest BCUT2D eigenvalue weighted by Crippen LogP contribution is -2.33. The molecule has 1 N–H and O–H groups in total. The largest absolute Gasteiger partial charge is 0.508 e. The fourth-order valence-corrected chi connectivity index (χ4v) is 4.92. The summed E-state index contributed by atoms with van der Waals surface area (Å²) in [5.41, 5.74) is 3.04. The van der Waals surface area contributed by atoms with Gasteiger partial charge in [0, 0.05) is 18.2 Å². The first-order valence-corrected chi connectivity index (χ1v) is 12.2. The molecule has 3 nitrogen and oxygen atoms in total. The van der Waals surface area contributed by atoms with Gasteiger partial charge in [-0.3, -0.25) is 4.90 Å². The van der Waals surface area contributed by atoms with Crippen molar-refractivity contribution < 1.29 is 18.6 Å². The summed E-state index contributed by atoms with van der Waals surface area (Å²) in [5.74, 6) is -0.190. The summed E-state index contributed by atoms with van der Waals surface area (Å²) in [5, 5.41) is 11.7. The fraction of sp³-hybridized carbons (Fsp3) is 0.267. The minimum Gasteiger partial charge on any atom is -0.508 e. The number of fused-ring (bicyclic) bond motifs is 1. The Morgan fingerprint density at radius 2 is 1.56 bits per heavy atom. The van der Waals surface area contributed by atoms with Crippen molar-refractivity contribution in [1.82, 2.24) is 4.90 Å². The van der Waals surface area contributed by atoms with Crippen LogP contribution in [0.3, 0.4) is 0 Å². The van der Waals surface area contributed by atoms with Crippen LogP contribution in [0.1, 0.15) is 30.4 Å². The zero-order chi connectivity index (χ0) is 24.2. The van der Waals surface area contributed by atoms with Crippen molar-refractivity contribution in [3.05, 3.63) is 95.6 Å². The Balaban J connectivity index is 0.00000304. The van der Waals surface area contributed by atoms with Crippen LogP contribution in [-0.4, -0.2) is 36.2 Å². The zero-order valence-corrected chi connectivity index (χ0v) is 20.9. The molecule has 1 aliphatic rings. The van der Waals surface area contributed by atoms with Crippen LogP contribution in [0.25, 0.3) is 21.9 Å². The summed E-state index contributed by atoms with van der Waals surface area (Å²) in [7, 11) is 0. The minimum absolute atomic E-state index is 0. The van der Waals surface area contributed by atoms with Crippen molar-refractivity contribution in [2.75, 3.05) is 26.2 Å². The summed E-state index contributed by atoms with van der Waals surface area (Å²) in [6, 6.07) is 20.6. The first-order chi connectivity index (χ1) is 17.1. The summed E-state index contributed by atoms with van der Waals surface area (Å²) < 4.78 is 34.2. The van der Waals surface area contributed by atoms with E-state index in [4.69, 9.17) is 4.74 Å². The molecular weight excluding hydrogens is 480 g/mol. The molecule has 4 aromatic carbocycles. The molecule has 5 rings (SSSR count). The lowest BCUT2D eigenvalue weighted by atomic mass is 9.90. The molecule has 1 fully saturated rings. The zero-order valence-electron chi connectivity index (χ0n) is 20.1. The highest BCUT2D eigenvalue weighted by atomic mass is 35.5. The summed E-state index contributed by atoms with van der Waals surface area (Å²) >= 11 is 0. The maximum atomic E-state index is 14.7. The Kier molecular flexibility index (Phi) is 8.44. The van der Waals surface area contributed by atoms with E-state index in [0.29, 0.717) is 24.2 Å². The smallest absolute Gasteiger partial charge is 0.133 e. The Morgan fingerprint density at radius 1 is 0.806 bits per heavy atom. The second-order valence-corrected chi connectivity index (χ2v) is 9.19. The second kappa shape index (κ2) is 11.7. The molecule has 0 aliphatic carbocycles. The van der Waals surface area contributed by atoms with Crippen molar-refractivity contribution in [3.63, 3.8) is 0 Å². The number of benzene rings is 4. The molecule has 188 valence electrons. The highest BCUT2D eigenvalue weighted by Gasteiger charge is 2.15. The van der Waals surface area contributed by atoms with E-state index in [1.807, 2.05) is 42.5 Å². The number of nitrogens with zero attached hydrogens (tertiary/aromatic N) is 1. The van der Waals surface area contributed by atoms with Crippen LogP contribution in [0.15, 0.2) is 72.8 Å². The van der Waals surface area contributed by atoms with Gasteiger partial charge in [-0.1, -0.05) is 36.8 Å². The third kappa shape index (κ3) is 5.97. The van der Waals surface area contributed by atoms with Gasteiger partial charge in [0.05, 0.1) is 0 Å². The number of rotatable bonds is 7. The molecule has 0 aromatic heterocycles. The van der Waals surface area contributed by atoms with E-state index in [0.717, 1.165) is 53.3 Å². The van der Waals surface area contributed by atoms with Crippen LogP contribution < -0.4 is 4.74 Å². The average Bonchev–Trinajstić information content (AvgIpc) is 2.86. The number of aromatic hydroxyl groups is 1. The molecule has 4 aromatic rings. The molecule has 6 heteroatoms. The van der Waals surface area contributed by atoms with Crippen LogP contribution in [0.4, 0.5) is 8.78 Å². The Morgan fingerprint density at radius 3 is 2.31 bits per heavy atom. The number of halogens is 3. The Hall–Kier alpha value is -3.15. The van der Waals surface area contributed by atoms with E-state index in [2.05, 4.69) is 4.90 Å². The molecule has 0 amide bonds. The number of ether oxygens (including phenoxy) is 1. The van der Waals surface area contributed by atoms with Gasteiger partial charge >= 0.3 is 0 Å². The molecule has 0 saturated carbocycles. The molecule has 36 heavy (non-hydrogen) atoms. The molecule has 1 aliphatic heterocycles. The van der Waals surface area contributed by atoms with Gasteiger partial charge in [0.15, 0.2) is 0 Å². The molecular formula is C30H30ClF2NO2. The molecule has 1 heterocycles. The van der Waals surface area contributed by atoms with Gasteiger partial charge in [-0.25, -0.2) is 8.78 Å². The van der Waals surface area contributed by atoms with Crippen LogP contribution in [-0.2, 0) is 6.42 Å². The fourth-order valence-electron chi connectivity index (χ4n) is 4.92. The van der Waals surface area contributed by atoms with Gasteiger partial charge in [0.25, 0.3) is 0 Å². The van der Waals surface area contributed by atoms with Gasteiger partial charge in [-0.05, 0) is 96.2 Å². The number of likely N-dealkylation sites (tertiary alicyclic amines) is 1. The lowest BCUT2D eigenvalue weighted by molar-refractivity contribution is 0.183. The van der Waals surface area contributed by atoms with Crippen LogP contribution >= 0.6 is 12.4 Å². The van der Waals surface area contributed by atoms with Crippen molar-refractivity contribution in [2.24, 2.45) is 0 Å². The normalized spacial score (nSPS) is 13.9. The quantitative estimate of drug-likeness (QED) is 0.282. The molecule has 0 bridgehead atoms. The first-order valence-electron chi connectivity index (χ1n) is 12.2. The number of phenolic OH excluding ortho intramolecular Hbond substituents is 1. The number of hydrogen-bond donors (Lipinski definition) is 1. The molecule has 0 unspecified atom stereocenters. The average molecular weight is 510 g/mol. The lowest BCUT2D eigenvalue weighted by Gasteiger charge is -2.26. The van der Waals surface area contributed by atoms with E-state index in [9.17, 15) is 13.9 Å². The van der Waals surface area contributed by atoms with E-state index in [1.54, 1.807) is 12.1 Å². The van der Waals surface area contributed by atoms with Crippen molar-refractivity contribution >= 4 is 23.2 Å². The number of phenols is 1. The first kappa shape index (κ1) is 25.9. The Labute approximate surface area is 216 Å². The van der Waals surface area contributed by atoms with Crippen molar-refractivity contribution in [3.8, 4) is 22.6 Å². The van der Waals surface area contributed by atoms with E-state index in [-0.39, 0.29) is 18.2 Å². The highest BCUT2D eigenvalue weighted by Crippen LogP contribution is 2.35. The Bertz CT molecular complexity index is 1320. The van der Waals surface area contributed by atoms with Crippen LogP contribution in [0.2, 0.25) is 0 Å². The van der Waals surface area contributed by atoms with Crippen LogP contribution in [0, 0.1) is 11.6 Å². The second-order valence-electron chi connectivity index (χ2n) is 9.19. The third-order valence-corrected chi connectivity index (χ3v) is 6.77. The summed E-state index contributed by atoms with van der Waals surface area (Å²) in [6.07, 6.45) is 4.42. The SMILES string of the molecule is Cl.Oc1ccc2c(Cc3ccc(OCCN4CCCCC4)cc3)c(-c3ccc(F)cc3F)ccc2c1. The van der Waals surface area contributed by atoms with Gasteiger partial charge in [0.2, 0.25) is 0 Å². The van der Waals surface area contributed by atoms with Gasteiger partial charge < -0.3 is 9.84 Å². The number of hydrogen-bond acceptors (Lipinski definition) is 3. The topological polar surface area (TPSA) is 32.7 Å². The standard InChI is InChI=1S/C30H29F2NO2.ClH/c31-23-7-12-28(30(32)20-23)27-11-6-22-19-24(34)8-13-26(22)29(27)18-21-4-9-25(10-5-21)35-17-16-33-14-2-1-3-15-33;/h4-13,19-20,34H,1-3,14-18H2;1H. The summed E-state index contributed by atoms with van der Waals surface area (Å²) in [6.45, 7) is 3.92. The minimum atomic E-state index is -0.602. The van der Waals surface area contributed by atoms with Crippen LogP contribution in [0.5, 0.6) is 11.5 Å². The number of piperidine rings is 1. The van der Waals surface area contributed by atoms with E-state index >= 15 is 0 Å². The monoisotopic (exact) mass is 509 g/mol. The molecule has 0 atom stereocenters. The maximum absolute atomic E-state index is 14.7. The highest BCUT2D eigenvalue weighted by molar-refractivity contribution is 5.93.